The number of rotatable bonds is 4. The van der Waals surface area contributed by atoms with Crippen LogP contribution in [0.4, 0.5) is 5.82 Å². The molecular weight excluding hydrogens is 428 g/mol. The van der Waals surface area contributed by atoms with Gasteiger partial charge in [-0.3, -0.25) is 14.1 Å². The van der Waals surface area contributed by atoms with Crippen LogP contribution >= 0.6 is 0 Å². The van der Waals surface area contributed by atoms with Crippen molar-refractivity contribution in [1.29, 1.82) is 5.26 Å². The van der Waals surface area contributed by atoms with Gasteiger partial charge in [0.05, 0.1) is 22.7 Å². The van der Waals surface area contributed by atoms with Gasteiger partial charge in [-0.25, -0.2) is 4.98 Å². The SMILES string of the molecule is N#Cc1c2c(c(N3CCC(C(N)=O)CC3)n3c1nc1ccccc13)CN(CC1CCCO1)CC2. The highest BCUT2D eigenvalue weighted by Crippen LogP contribution is 2.38. The average molecular weight is 459 g/mol. The molecule has 0 spiro atoms. The summed E-state index contributed by atoms with van der Waals surface area (Å²) in [6.07, 6.45) is 4.87. The second-order valence-corrected chi connectivity index (χ2v) is 9.81. The Balaban J connectivity index is 1.50. The predicted octanol–water partition coefficient (Wildman–Crippen LogP) is 2.60. The van der Waals surface area contributed by atoms with E-state index in [-0.39, 0.29) is 11.8 Å². The molecule has 2 fully saturated rings. The lowest BCUT2D eigenvalue weighted by Crippen LogP contribution is -2.42. The standard InChI is InChI=1S/C26H30N6O2/c27-14-20-19-9-10-30(15-18-4-3-13-34-18)16-21(19)26(31-11-7-17(8-12-31)24(28)33)32-23-6-2-1-5-22(23)29-25(20)32/h1-2,5-6,17-18H,3-4,7-13,15-16H2,(H2,28,33). The molecule has 2 saturated heterocycles. The summed E-state index contributed by atoms with van der Waals surface area (Å²) in [7, 11) is 0. The molecule has 2 N–H and O–H groups in total. The van der Waals surface area contributed by atoms with Crippen LogP contribution in [0, 0.1) is 17.2 Å². The summed E-state index contributed by atoms with van der Waals surface area (Å²) in [6.45, 7) is 5.01. The van der Waals surface area contributed by atoms with E-state index in [0.29, 0.717) is 11.7 Å². The number of anilines is 1. The van der Waals surface area contributed by atoms with Gasteiger partial charge in [0.2, 0.25) is 5.91 Å². The van der Waals surface area contributed by atoms with E-state index in [2.05, 4.69) is 26.3 Å². The van der Waals surface area contributed by atoms with Crippen LogP contribution in [0.2, 0.25) is 0 Å². The van der Waals surface area contributed by atoms with Gasteiger partial charge in [-0.2, -0.15) is 5.26 Å². The molecule has 1 amide bonds. The van der Waals surface area contributed by atoms with Crippen molar-refractivity contribution in [1.82, 2.24) is 14.3 Å². The van der Waals surface area contributed by atoms with Crippen molar-refractivity contribution < 1.29 is 9.53 Å². The number of amides is 1. The average Bonchev–Trinajstić information content (AvgIpc) is 3.50. The van der Waals surface area contributed by atoms with Crippen LogP contribution in [0.3, 0.4) is 0 Å². The monoisotopic (exact) mass is 458 g/mol. The lowest BCUT2D eigenvalue weighted by Gasteiger charge is -2.38. The molecule has 0 saturated carbocycles. The molecule has 3 aromatic rings. The first-order chi connectivity index (χ1) is 16.6. The minimum Gasteiger partial charge on any atom is -0.377 e. The number of carbonyl (C=O) groups is 1. The van der Waals surface area contributed by atoms with Crippen LogP contribution in [-0.2, 0) is 22.5 Å². The number of pyridine rings is 1. The lowest BCUT2D eigenvalue weighted by molar-refractivity contribution is -0.122. The topological polar surface area (TPSA) is 99.9 Å². The van der Waals surface area contributed by atoms with E-state index in [1.54, 1.807) is 0 Å². The van der Waals surface area contributed by atoms with Gasteiger partial charge in [-0.15, -0.1) is 0 Å². The molecule has 8 heteroatoms. The number of primary amides is 1. The Morgan fingerprint density at radius 2 is 2.00 bits per heavy atom. The number of hydrogen-bond donors (Lipinski definition) is 1. The number of fused-ring (bicyclic) bond motifs is 4. The van der Waals surface area contributed by atoms with Gasteiger partial charge < -0.3 is 15.4 Å². The summed E-state index contributed by atoms with van der Waals surface area (Å²) < 4.78 is 8.11. The first-order valence-electron chi connectivity index (χ1n) is 12.4. The van der Waals surface area contributed by atoms with E-state index in [1.165, 1.54) is 5.56 Å². The predicted molar refractivity (Wildman–Crippen MR) is 129 cm³/mol. The van der Waals surface area contributed by atoms with Gasteiger partial charge >= 0.3 is 0 Å². The normalized spacial score (nSPS) is 21.7. The second kappa shape index (κ2) is 8.57. The van der Waals surface area contributed by atoms with Crippen LogP contribution in [-0.4, -0.2) is 59.1 Å². The molecule has 0 aliphatic carbocycles. The number of nitrogens with zero attached hydrogens (tertiary/aromatic N) is 5. The highest BCUT2D eigenvalue weighted by atomic mass is 16.5. The first kappa shape index (κ1) is 21.4. The molecule has 6 rings (SSSR count). The number of benzene rings is 1. The largest absolute Gasteiger partial charge is 0.377 e. The zero-order valence-corrected chi connectivity index (χ0v) is 19.4. The Morgan fingerprint density at radius 1 is 1.18 bits per heavy atom. The molecular formula is C26H30N6O2. The summed E-state index contributed by atoms with van der Waals surface area (Å²) in [6, 6.07) is 10.6. The van der Waals surface area contributed by atoms with Gasteiger partial charge in [-0.1, -0.05) is 12.1 Å². The van der Waals surface area contributed by atoms with Crippen molar-refractivity contribution in [2.24, 2.45) is 11.7 Å². The Kier molecular flexibility index (Phi) is 5.39. The van der Waals surface area contributed by atoms with Gasteiger partial charge in [0.15, 0.2) is 5.65 Å². The third-order valence-corrected chi connectivity index (χ3v) is 7.79. The molecule has 8 nitrogen and oxygen atoms in total. The Labute approximate surface area is 198 Å². The maximum atomic E-state index is 11.8. The number of imidazole rings is 1. The van der Waals surface area contributed by atoms with Crippen molar-refractivity contribution in [3.63, 3.8) is 0 Å². The highest BCUT2D eigenvalue weighted by molar-refractivity contribution is 5.86. The fourth-order valence-corrected chi connectivity index (χ4v) is 6.04. The third-order valence-electron chi connectivity index (χ3n) is 7.79. The van der Waals surface area contributed by atoms with Crippen LogP contribution in [0.5, 0.6) is 0 Å². The number of nitrogens with two attached hydrogens (primary N) is 1. The van der Waals surface area contributed by atoms with Crippen LogP contribution in [0.15, 0.2) is 24.3 Å². The van der Waals surface area contributed by atoms with E-state index < -0.39 is 0 Å². The van der Waals surface area contributed by atoms with E-state index in [4.69, 9.17) is 15.5 Å². The Hall–Kier alpha value is -3.15. The highest BCUT2D eigenvalue weighted by Gasteiger charge is 2.33. The summed E-state index contributed by atoms with van der Waals surface area (Å²) in [5.41, 5.74) is 11.3. The van der Waals surface area contributed by atoms with Gasteiger partial charge in [0.25, 0.3) is 0 Å². The lowest BCUT2D eigenvalue weighted by atomic mass is 9.92. The van der Waals surface area contributed by atoms with Gasteiger partial charge in [0, 0.05) is 50.8 Å². The third kappa shape index (κ3) is 3.51. The number of para-hydroxylation sites is 2. The minimum atomic E-state index is -0.206. The van der Waals surface area contributed by atoms with Crippen LogP contribution in [0.1, 0.15) is 42.4 Å². The molecule has 1 atom stereocenters. The Morgan fingerprint density at radius 3 is 2.74 bits per heavy atom. The fraction of sp³-hybridized carbons (Fsp3) is 0.500. The van der Waals surface area contributed by atoms with E-state index in [1.807, 2.05) is 18.2 Å². The summed E-state index contributed by atoms with van der Waals surface area (Å²) in [4.78, 5) is 21.6. The second-order valence-electron chi connectivity index (χ2n) is 9.81. The van der Waals surface area contributed by atoms with Crippen molar-refractivity contribution in [2.45, 2.75) is 44.8 Å². The molecule has 34 heavy (non-hydrogen) atoms. The molecule has 3 aliphatic heterocycles. The van der Waals surface area contributed by atoms with Crippen LogP contribution in [0.25, 0.3) is 16.7 Å². The zero-order chi connectivity index (χ0) is 23.2. The Bertz CT molecular complexity index is 1290. The number of piperidine rings is 1. The van der Waals surface area contributed by atoms with E-state index >= 15 is 0 Å². The number of hydrogen-bond acceptors (Lipinski definition) is 6. The van der Waals surface area contributed by atoms with Gasteiger partial charge in [-0.05, 0) is 49.8 Å². The molecule has 1 aromatic carbocycles. The van der Waals surface area contributed by atoms with Gasteiger partial charge in [0.1, 0.15) is 11.9 Å². The van der Waals surface area contributed by atoms with Crippen molar-refractivity contribution in [2.75, 3.05) is 37.7 Å². The maximum absolute atomic E-state index is 11.8. The van der Waals surface area contributed by atoms with Crippen LogP contribution < -0.4 is 10.6 Å². The minimum absolute atomic E-state index is 0.0727. The number of nitriles is 1. The van der Waals surface area contributed by atoms with E-state index in [9.17, 15) is 10.1 Å². The van der Waals surface area contributed by atoms with Crippen molar-refractivity contribution in [3.8, 4) is 6.07 Å². The molecule has 2 aromatic heterocycles. The fourth-order valence-electron chi connectivity index (χ4n) is 6.04. The van der Waals surface area contributed by atoms with E-state index in [0.717, 1.165) is 99.5 Å². The molecule has 0 radical (unpaired) electrons. The number of carbonyl (C=O) groups excluding carboxylic acids is 1. The number of aromatic nitrogens is 2. The molecule has 3 aliphatic rings. The molecule has 5 heterocycles. The maximum Gasteiger partial charge on any atom is 0.220 e. The van der Waals surface area contributed by atoms with Crippen molar-refractivity contribution >= 4 is 28.4 Å². The zero-order valence-electron chi connectivity index (χ0n) is 19.4. The first-order valence-corrected chi connectivity index (χ1v) is 12.4. The van der Waals surface area contributed by atoms with Crippen molar-refractivity contribution in [3.05, 3.63) is 41.0 Å². The summed E-state index contributed by atoms with van der Waals surface area (Å²) in [5.74, 6) is 0.844. The smallest absolute Gasteiger partial charge is 0.220 e. The molecule has 0 bridgehead atoms. The molecule has 1 unspecified atom stereocenters. The summed E-state index contributed by atoms with van der Waals surface area (Å²) >= 11 is 0. The quantitative estimate of drug-likeness (QED) is 0.645. The molecule has 176 valence electrons. The summed E-state index contributed by atoms with van der Waals surface area (Å²) in [5, 5.41) is 10.2. The number of ether oxygens (including phenoxy) is 1.